The van der Waals surface area contributed by atoms with Gasteiger partial charge < -0.3 is 10.2 Å². The summed E-state index contributed by atoms with van der Waals surface area (Å²) in [6.07, 6.45) is -0.380. The first kappa shape index (κ1) is 21.0. The molecule has 0 spiro atoms. The summed E-state index contributed by atoms with van der Waals surface area (Å²) in [5.74, 6) is -0.561. The third-order valence-electron chi connectivity index (χ3n) is 5.39. The number of hydrogen-bond donors (Lipinski definition) is 2. The normalized spacial score (nSPS) is 25.4. The second-order valence-electron chi connectivity index (χ2n) is 7.12. The Kier molecular flexibility index (Phi) is 5.96. The van der Waals surface area contributed by atoms with Gasteiger partial charge in [-0.15, -0.1) is 6.58 Å². The van der Waals surface area contributed by atoms with Crippen LogP contribution in [0.3, 0.4) is 0 Å². The van der Waals surface area contributed by atoms with Crippen molar-refractivity contribution in [2.75, 3.05) is 0 Å². The van der Waals surface area contributed by atoms with Gasteiger partial charge in [0.15, 0.2) is 9.84 Å². The van der Waals surface area contributed by atoms with Crippen LogP contribution in [0.2, 0.25) is 5.02 Å². The van der Waals surface area contributed by atoms with Gasteiger partial charge in [0.05, 0.1) is 17.1 Å². The van der Waals surface area contributed by atoms with Gasteiger partial charge in [-0.25, -0.2) is 12.8 Å². The molecule has 0 aromatic heterocycles. The van der Waals surface area contributed by atoms with E-state index in [1.165, 1.54) is 36.4 Å². The zero-order chi connectivity index (χ0) is 20.5. The molecule has 0 saturated heterocycles. The Bertz CT molecular complexity index is 974. The minimum absolute atomic E-state index is 0.0364. The lowest BCUT2D eigenvalue weighted by Gasteiger charge is -2.42. The predicted molar refractivity (Wildman–Crippen MR) is 106 cm³/mol. The molecule has 0 radical (unpaired) electrons. The Morgan fingerprint density at radius 2 is 1.86 bits per heavy atom. The maximum atomic E-state index is 14.2. The molecule has 0 heterocycles. The standard InChI is InChI=1S/C21H22ClFO4S/c1-2-3-14-4-7-16(23)12-18(14)21(11-10-19(24)20(25)13-21)28(26,27)17-8-5-15(22)6-9-17/h2,4-9,12,19-20,24-25H,1,3,10-11,13H2/t19-,20+,21+/m1/s1. The maximum absolute atomic E-state index is 14.2. The number of halogens is 2. The van der Waals surface area contributed by atoms with Crippen LogP contribution < -0.4 is 0 Å². The summed E-state index contributed by atoms with van der Waals surface area (Å²) in [5.41, 5.74) is 0.922. The van der Waals surface area contributed by atoms with Gasteiger partial charge in [0.1, 0.15) is 10.6 Å². The van der Waals surface area contributed by atoms with E-state index in [4.69, 9.17) is 11.6 Å². The molecule has 2 aromatic rings. The molecule has 4 nitrogen and oxygen atoms in total. The fourth-order valence-electron chi connectivity index (χ4n) is 3.93. The summed E-state index contributed by atoms with van der Waals surface area (Å²) in [5, 5.41) is 20.8. The molecule has 0 aliphatic heterocycles. The first-order valence-electron chi connectivity index (χ1n) is 8.97. The first-order valence-corrected chi connectivity index (χ1v) is 10.8. The summed E-state index contributed by atoms with van der Waals surface area (Å²) in [7, 11) is -4.04. The molecule has 7 heteroatoms. The highest BCUT2D eigenvalue weighted by molar-refractivity contribution is 7.92. The van der Waals surface area contributed by atoms with Gasteiger partial charge in [-0.1, -0.05) is 23.7 Å². The molecule has 28 heavy (non-hydrogen) atoms. The van der Waals surface area contributed by atoms with Gasteiger partial charge >= 0.3 is 0 Å². The van der Waals surface area contributed by atoms with Crippen molar-refractivity contribution in [1.82, 2.24) is 0 Å². The zero-order valence-corrected chi connectivity index (χ0v) is 16.8. The minimum atomic E-state index is -4.04. The highest BCUT2D eigenvalue weighted by atomic mass is 35.5. The van der Waals surface area contributed by atoms with E-state index in [1.807, 2.05) is 0 Å². The Morgan fingerprint density at radius 3 is 2.46 bits per heavy atom. The van der Waals surface area contributed by atoms with Crippen molar-refractivity contribution in [3.8, 4) is 0 Å². The molecular formula is C21H22ClFO4S. The third kappa shape index (κ3) is 3.62. The highest BCUT2D eigenvalue weighted by Gasteiger charge is 2.52. The summed E-state index contributed by atoms with van der Waals surface area (Å²) in [6.45, 7) is 3.70. The van der Waals surface area contributed by atoms with E-state index in [0.29, 0.717) is 22.6 Å². The summed E-state index contributed by atoms with van der Waals surface area (Å²) < 4.78 is 40.1. The van der Waals surface area contributed by atoms with E-state index >= 15 is 0 Å². The van der Waals surface area contributed by atoms with E-state index < -0.39 is 32.6 Å². The van der Waals surface area contributed by atoms with Gasteiger partial charge in [-0.3, -0.25) is 0 Å². The monoisotopic (exact) mass is 424 g/mol. The van der Waals surface area contributed by atoms with Crippen molar-refractivity contribution in [1.29, 1.82) is 0 Å². The second-order valence-corrected chi connectivity index (χ2v) is 9.82. The van der Waals surface area contributed by atoms with E-state index in [1.54, 1.807) is 12.1 Å². The SMILES string of the molecule is C=CCc1ccc(F)cc1[C@]1(S(=O)(=O)c2ccc(Cl)cc2)CC[C@@H](O)[C@@H](O)C1. The van der Waals surface area contributed by atoms with Gasteiger partial charge in [-0.05, 0) is 73.2 Å². The number of sulfone groups is 1. The predicted octanol–water partition coefficient (Wildman–Crippen LogP) is 3.78. The van der Waals surface area contributed by atoms with Crippen LogP contribution in [0.5, 0.6) is 0 Å². The number of rotatable bonds is 5. The van der Waals surface area contributed by atoms with E-state index in [0.717, 1.165) is 0 Å². The molecule has 2 N–H and O–H groups in total. The van der Waals surface area contributed by atoms with Crippen molar-refractivity contribution >= 4 is 21.4 Å². The molecule has 0 amide bonds. The number of aliphatic hydroxyl groups is 2. The quantitative estimate of drug-likeness (QED) is 0.716. The van der Waals surface area contributed by atoms with Crippen LogP contribution in [0.4, 0.5) is 4.39 Å². The van der Waals surface area contributed by atoms with Crippen LogP contribution in [0.1, 0.15) is 30.4 Å². The van der Waals surface area contributed by atoms with Crippen LogP contribution in [-0.4, -0.2) is 30.8 Å². The first-order chi connectivity index (χ1) is 13.2. The van der Waals surface area contributed by atoms with E-state index in [9.17, 15) is 23.0 Å². The van der Waals surface area contributed by atoms with Gasteiger partial charge in [0.25, 0.3) is 0 Å². The average molecular weight is 425 g/mol. The van der Waals surface area contributed by atoms with Crippen molar-refractivity contribution in [2.45, 2.75) is 47.5 Å². The fraction of sp³-hybridized carbons (Fsp3) is 0.333. The van der Waals surface area contributed by atoms with Crippen molar-refractivity contribution < 1.29 is 23.0 Å². The molecule has 1 aliphatic rings. The molecule has 150 valence electrons. The van der Waals surface area contributed by atoms with Gasteiger partial charge in [0.2, 0.25) is 0 Å². The Hall–Kier alpha value is -1.73. The minimum Gasteiger partial charge on any atom is -0.390 e. The lowest BCUT2D eigenvalue weighted by Crippen LogP contribution is -2.48. The molecule has 3 atom stereocenters. The van der Waals surface area contributed by atoms with Crippen LogP contribution in [-0.2, 0) is 21.0 Å². The van der Waals surface area contributed by atoms with Crippen molar-refractivity contribution in [3.63, 3.8) is 0 Å². The van der Waals surface area contributed by atoms with Gasteiger partial charge in [0, 0.05) is 5.02 Å². The van der Waals surface area contributed by atoms with Crippen molar-refractivity contribution in [2.24, 2.45) is 0 Å². The molecule has 0 unspecified atom stereocenters. The lowest BCUT2D eigenvalue weighted by atomic mass is 9.78. The topological polar surface area (TPSA) is 74.6 Å². The molecule has 2 aromatic carbocycles. The third-order valence-corrected chi connectivity index (χ3v) is 8.16. The molecule has 1 aliphatic carbocycles. The van der Waals surface area contributed by atoms with Crippen LogP contribution in [0, 0.1) is 5.82 Å². The van der Waals surface area contributed by atoms with Crippen LogP contribution in [0.15, 0.2) is 60.0 Å². The number of aliphatic hydroxyl groups excluding tert-OH is 2. The van der Waals surface area contributed by atoms with Gasteiger partial charge in [-0.2, -0.15) is 0 Å². The maximum Gasteiger partial charge on any atom is 0.188 e. The average Bonchev–Trinajstić information content (AvgIpc) is 2.66. The fourth-order valence-corrected chi connectivity index (χ4v) is 6.26. The molecule has 0 bridgehead atoms. The Labute approximate surface area is 169 Å². The largest absolute Gasteiger partial charge is 0.390 e. The second kappa shape index (κ2) is 7.95. The van der Waals surface area contributed by atoms with Crippen molar-refractivity contribution in [3.05, 3.63) is 77.1 Å². The van der Waals surface area contributed by atoms with Crippen LogP contribution in [0.25, 0.3) is 0 Å². The molecule has 1 saturated carbocycles. The summed E-state index contributed by atoms with van der Waals surface area (Å²) in [4.78, 5) is 0.0364. The Balaban J connectivity index is 2.27. The molecule has 3 rings (SSSR count). The smallest absolute Gasteiger partial charge is 0.188 e. The van der Waals surface area contributed by atoms with E-state index in [2.05, 4.69) is 6.58 Å². The highest BCUT2D eigenvalue weighted by Crippen LogP contribution is 2.48. The summed E-state index contributed by atoms with van der Waals surface area (Å²) >= 11 is 5.90. The zero-order valence-electron chi connectivity index (χ0n) is 15.2. The summed E-state index contributed by atoms with van der Waals surface area (Å²) in [6, 6.07) is 9.81. The number of hydrogen-bond acceptors (Lipinski definition) is 4. The van der Waals surface area contributed by atoms with Crippen LogP contribution >= 0.6 is 11.6 Å². The molecule has 1 fully saturated rings. The van der Waals surface area contributed by atoms with E-state index in [-0.39, 0.29) is 24.2 Å². The molecular weight excluding hydrogens is 403 g/mol. The Morgan fingerprint density at radius 1 is 1.18 bits per heavy atom. The number of benzene rings is 2. The lowest BCUT2D eigenvalue weighted by molar-refractivity contribution is -0.0211. The number of allylic oxidation sites excluding steroid dienone is 1.